The summed E-state index contributed by atoms with van der Waals surface area (Å²) in [5.41, 5.74) is 6.62. The van der Waals surface area contributed by atoms with Gasteiger partial charge in [0.2, 0.25) is 5.82 Å². The highest BCUT2D eigenvalue weighted by Gasteiger charge is 2.31. The van der Waals surface area contributed by atoms with E-state index in [0.717, 1.165) is 0 Å². The summed E-state index contributed by atoms with van der Waals surface area (Å²) in [7, 11) is 1.61. The van der Waals surface area contributed by atoms with Crippen molar-refractivity contribution in [2.24, 2.45) is 5.41 Å². The molecule has 1 aromatic carbocycles. The van der Waals surface area contributed by atoms with E-state index in [9.17, 15) is 0 Å². The van der Waals surface area contributed by atoms with E-state index in [-0.39, 0.29) is 17.4 Å². The molecular formula is C14H17Cl2N3O2. The molecule has 0 amide bonds. The molecule has 1 atom stereocenters. The summed E-state index contributed by atoms with van der Waals surface area (Å²) in [6.07, 6.45) is -0.300. The first kappa shape index (κ1) is 16.1. The van der Waals surface area contributed by atoms with E-state index >= 15 is 0 Å². The van der Waals surface area contributed by atoms with Gasteiger partial charge in [0.15, 0.2) is 0 Å². The molecule has 0 aliphatic rings. The molecule has 0 fully saturated rings. The first-order valence-corrected chi connectivity index (χ1v) is 7.11. The van der Waals surface area contributed by atoms with Crippen LogP contribution in [0.15, 0.2) is 16.7 Å². The van der Waals surface area contributed by atoms with E-state index in [2.05, 4.69) is 10.1 Å². The molecule has 2 N–H and O–H groups in total. The number of methoxy groups -OCH3 is 1. The van der Waals surface area contributed by atoms with Gasteiger partial charge in [0.1, 0.15) is 6.10 Å². The van der Waals surface area contributed by atoms with Crippen molar-refractivity contribution >= 4 is 28.9 Å². The number of nitrogen functional groups attached to an aromatic ring is 1. The number of aromatic nitrogens is 2. The van der Waals surface area contributed by atoms with Crippen LogP contribution in [0.3, 0.4) is 0 Å². The highest BCUT2D eigenvalue weighted by Crippen LogP contribution is 2.37. The predicted molar refractivity (Wildman–Crippen MR) is 83.4 cm³/mol. The van der Waals surface area contributed by atoms with Crippen molar-refractivity contribution in [1.29, 1.82) is 0 Å². The Kier molecular flexibility index (Phi) is 4.46. The van der Waals surface area contributed by atoms with Crippen LogP contribution in [0.5, 0.6) is 0 Å². The minimum Gasteiger partial charge on any atom is -0.397 e. The van der Waals surface area contributed by atoms with Crippen molar-refractivity contribution in [2.75, 3.05) is 12.8 Å². The molecule has 0 saturated heterocycles. The first-order chi connectivity index (χ1) is 9.74. The molecule has 2 aromatic rings. The van der Waals surface area contributed by atoms with Gasteiger partial charge in [-0.2, -0.15) is 4.98 Å². The van der Waals surface area contributed by atoms with Crippen LogP contribution in [0, 0.1) is 5.41 Å². The molecule has 1 aromatic heterocycles. The minimum absolute atomic E-state index is 0.173. The summed E-state index contributed by atoms with van der Waals surface area (Å²) in [5, 5.41) is 4.77. The van der Waals surface area contributed by atoms with Crippen LogP contribution in [0.2, 0.25) is 10.0 Å². The number of hydrogen-bond donors (Lipinski definition) is 1. The van der Waals surface area contributed by atoms with Crippen LogP contribution in [0.1, 0.15) is 32.7 Å². The molecule has 0 aliphatic heterocycles. The average Bonchev–Trinajstić information content (AvgIpc) is 2.82. The Morgan fingerprint density at radius 2 is 1.95 bits per heavy atom. The first-order valence-electron chi connectivity index (χ1n) is 6.35. The summed E-state index contributed by atoms with van der Waals surface area (Å²) >= 11 is 12.0. The van der Waals surface area contributed by atoms with Gasteiger partial charge in [-0.3, -0.25) is 0 Å². The third-order valence-electron chi connectivity index (χ3n) is 3.02. The lowest BCUT2D eigenvalue weighted by molar-refractivity contribution is 0.00718. The number of nitrogens with two attached hydrogens (primary N) is 1. The molecule has 2 rings (SSSR count). The molecule has 21 heavy (non-hydrogen) atoms. The lowest BCUT2D eigenvalue weighted by Crippen LogP contribution is -2.21. The maximum Gasteiger partial charge on any atom is 0.260 e. The largest absolute Gasteiger partial charge is 0.397 e. The zero-order valence-electron chi connectivity index (χ0n) is 12.3. The Balaban J connectivity index is 2.45. The minimum atomic E-state index is -0.300. The van der Waals surface area contributed by atoms with Crippen molar-refractivity contribution in [1.82, 2.24) is 10.1 Å². The van der Waals surface area contributed by atoms with Gasteiger partial charge in [-0.1, -0.05) is 49.1 Å². The van der Waals surface area contributed by atoms with Crippen molar-refractivity contribution in [3.05, 3.63) is 28.0 Å². The summed E-state index contributed by atoms with van der Waals surface area (Å²) in [5.74, 6) is 0.716. The van der Waals surface area contributed by atoms with Crippen LogP contribution in [0.4, 0.5) is 5.69 Å². The molecule has 0 saturated carbocycles. The Hall–Kier alpha value is -1.30. The van der Waals surface area contributed by atoms with Crippen LogP contribution in [-0.4, -0.2) is 17.3 Å². The topological polar surface area (TPSA) is 74.2 Å². The van der Waals surface area contributed by atoms with Crippen LogP contribution >= 0.6 is 23.2 Å². The lowest BCUT2D eigenvalue weighted by atomic mass is 9.88. The standard InChI is InChI=1S/C14H17Cl2N3O2/c1-14(2,3)11(20-4)12-18-13(21-19-12)8-5-7(15)6-9(16)10(8)17/h5-6,11H,17H2,1-4H3. The third-order valence-corrected chi connectivity index (χ3v) is 3.55. The van der Waals surface area contributed by atoms with E-state index in [4.69, 9.17) is 38.2 Å². The Labute approximate surface area is 133 Å². The van der Waals surface area contributed by atoms with Gasteiger partial charge < -0.3 is 15.0 Å². The molecule has 0 radical (unpaired) electrons. The Morgan fingerprint density at radius 1 is 1.29 bits per heavy atom. The average molecular weight is 330 g/mol. The fraction of sp³-hybridized carbons (Fsp3) is 0.429. The van der Waals surface area contributed by atoms with Crippen molar-refractivity contribution in [2.45, 2.75) is 26.9 Å². The number of benzene rings is 1. The molecule has 114 valence electrons. The monoisotopic (exact) mass is 329 g/mol. The van der Waals surface area contributed by atoms with Crippen LogP contribution in [0.25, 0.3) is 11.5 Å². The van der Waals surface area contributed by atoms with E-state index in [0.29, 0.717) is 27.1 Å². The summed E-state index contributed by atoms with van der Waals surface area (Å²) in [6, 6.07) is 3.20. The zero-order valence-corrected chi connectivity index (χ0v) is 13.8. The molecule has 0 bridgehead atoms. The van der Waals surface area contributed by atoms with Crippen LogP contribution < -0.4 is 5.73 Å². The Bertz CT molecular complexity index is 650. The number of halogens is 2. The molecule has 0 aliphatic carbocycles. The second kappa shape index (κ2) is 5.83. The molecule has 7 heteroatoms. The summed E-state index contributed by atoms with van der Waals surface area (Å²) in [6.45, 7) is 6.09. The fourth-order valence-corrected chi connectivity index (χ4v) is 2.55. The quantitative estimate of drug-likeness (QED) is 0.847. The number of ether oxygens (including phenoxy) is 1. The van der Waals surface area contributed by atoms with Crippen molar-refractivity contribution < 1.29 is 9.26 Å². The highest BCUT2D eigenvalue weighted by molar-refractivity contribution is 6.37. The smallest absolute Gasteiger partial charge is 0.260 e. The van der Waals surface area contributed by atoms with Gasteiger partial charge in [-0.15, -0.1) is 0 Å². The SMILES string of the molecule is COC(c1noc(-c2cc(Cl)cc(Cl)c2N)n1)C(C)(C)C. The van der Waals surface area contributed by atoms with E-state index in [1.54, 1.807) is 19.2 Å². The normalized spacial score (nSPS) is 13.4. The van der Waals surface area contributed by atoms with E-state index < -0.39 is 0 Å². The molecule has 1 unspecified atom stereocenters. The molecule has 0 spiro atoms. The second-order valence-electron chi connectivity index (χ2n) is 5.79. The summed E-state index contributed by atoms with van der Waals surface area (Å²) < 4.78 is 10.7. The highest BCUT2D eigenvalue weighted by atomic mass is 35.5. The third kappa shape index (κ3) is 3.31. The molecule has 1 heterocycles. The van der Waals surface area contributed by atoms with Gasteiger partial charge >= 0.3 is 0 Å². The van der Waals surface area contributed by atoms with Gasteiger partial charge in [0.05, 0.1) is 16.3 Å². The number of hydrogen-bond acceptors (Lipinski definition) is 5. The van der Waals surface area contributed by atoms with Crippen LogP contribution in [-0.2, 0) is 4.74 Å². The lowest BCUT2D eigenvalue weighted by Gasteiger charge is -2.26. The van der Waals surface area contributed by atoms with Gasteiger partial charge in [-0.05, 0) is 17.5 Å². The molecule has 5 nitrogen and oxygen atoms in total. The van der Waals surface area contributed by atoms with E-state index in [1.807, 2.05) is 20.8 Å². The summed E-state index contributed by atoms with van der Waals surface area (Å²) in [4.78, 5) is 4.36. The van der Waals surface area contributed by atoms with Crippen molar-refractivity contribution in [3.8, 4) is 11.5 Å². The predicted octanol–water partition coefficient (Wildman–Crippen LogP) is 4.36. The molecular weight excluding hydrogens is 313 g/mol. The van der Waals surface area contributed by atoms with E-state index in [1.165, 1.54) is 0 Å². The fourth-order valence-electron chi connectivity index (χ4n) is 2.06. The zero-order chi connectivity index (χ0) is 15.8. The number of nitrogens with zero attached hydrogens (tertiary/aromatic N) is 2. The number of rotatable bonds is 3. The maximum atomic E-state index is 6.01. The van der Waals surface area contributed by atoms with Gasteiger partial charge in [0.25, 0.3) is 5.89 Å². The van der Waals surface area contributed by atoms with Crippen molar-refractivity contribution in [3.63, 3.8) is 0 Å². The number of anilines is 1. The maximum absolute atomic E-state index is 6.01. The van der Waals surface area contributed by atoms with Gasteiger partial charge in [-0.25, -0.2) is 0 Å². The van der Waals surface area contributed by atoms with Gasteiger partial charge in [0, 0.05) is 12.1 Å². The Morgan fingerprint density at radius 3 is 2.52 bits per heavy atom. The second-order valence-corrected chi connectivity index (χ2v) is 6.63.